The van der Waals surface area contributed by atoms with E-state index in [2.05, 4.69) is 156 Å². The normalized spacial score (nSPS) is 19.4. The van der Waals surface area contributed by atoms with Crippen LogP contribution in [0.25, 0.3) is 54.6 Å². The third-order valence-electron chi connectivity index (χ3n) is 12.3. The van der Waals surface area contributed by atoms with Gasteiger partial charge in [-0.15, -0.1) is 0 Å². The molecule has 2 aliphatic rings. The number of rotatable bonds is 4. The number of hydrogen-bond donors (Lipinski definition) is 0. The summed E-state index contributed by atoms with van der Waals surface area (Å²) in [5.41, 5.74) is 9.97. The first kappa shape index (κ1) is 33.5. The van der Waals surface area contributed by atoms with E-state index in [1.165, 1.54) is 66.1 Å². The predicted molar refractivity (Wildman–Crippen MR) is 211 cm³/mol. The molecule has 254 valence electrons. The molecule has 50 heavy (non-hydrogen) atoms. The SMILES string of the molecule is Cc1ccc(C)c(-c2cc(B3OC(C)(C)C(C)(C)O3)c3ccc4c(-c5cc(C)ccc5C)cc(B5OC(C)(C)C(C)(C)O5)c5ccc2c3c54)c1. The lowest BCUT2D eigenvalue weighted by molar-refractivity contribution is 0.00578. The highest BCUT2D eigenvalue weighted by molar-refractivity contribution is 6.67. The molecule has 6 aromatic rings. The molecule has 0 aromatic heterocycles. The molecular weight excluding hydrogens is 614 g/mol. The average Bonchev–Trinajstić information content (AvgIpc) is 3.40. The maximum atomic E-state index is 6.80. The van der Waals surface area contributed by atoms with Crippen molar-refractivity contribution in [3.63, 3.8) is 0 Å². The molecule has 2 saturated heterocycles. The second-order valence-corrected chi connectivity index (χ2v) is 16.9. The van der Waals surface area contributed by atoms with E-state index >= 15 is 0 Å². The maximum absolute atomic E-state index is 6.80. The van der Waals surface area contributed by atoms with Crippen molar-refractivity contribution in [3.05, 3.63) is 95.1 Å². The number of aryl methyl sites for hydroxylation is 4. The Morgan fingerprint density at radius 2 is 0.700 bits per heavy atom. The summed E-state index contributed by atoms with van der Waals surface area (Å²) in [6.07, 6.45) is 0. The quantitative estimate of drug-likeness (QED) is 0.139. The first-order valence-electron chi connectivity index (χ1n) is 18.0. The highest BCUT2D eigenvalue weighted by Crippen LogP contribution is 2.45. The van der Waals surface area contributed by atoms with Crippen molar-refractivity contribution >= 4 is 57.5 Å². The van der Waals surface area contributed by atoms with E-state index in [4.69, 9.17) is 18.6 Å². The van der Waals surface area contributed by atoms with Crippen molar-refractivity contribution in [2.75, 3.05) is 0 Å². The van der Waals surface area contributed by atoms with Gasteiger partial charge in [0, 0.05) is 0 Å². The first-order chi connectivity index (χ1) is 23.4. The Morgan fingerprint density at radius 3 is 1.04 bits per heavy atom. The molecule has 0 atom stereocenters. The smallest absolute Gasteiger partial charge is 0.399 e. The Labute approximate surface area is 298 Å². The van der Waals surface area contributed by atoms with Crippen LogP contribution in [0.2, 0.25) is 0 Å². The third kappa shape index (κ3) is 4.90. The van der Waals surface area contributed by atoms with E-state index in [9.17, 15) is 0 Å². The molecule has 0 unspecified atom stereocenters. The van der Waals surface area contributed by atoms with Gasteiger partial charge < -0.3 is 18.6 Å². The van der Waals surface area contributed by atoms with Crippen LogP contribution in [-0.4, -0.2) is 36.6 Å². The van der Waals surface area contributed by atoms with Crippen LogP contribution in [0, 0.1) is 27.7 Å². The summed E-state index contributed by atoms with van der Waals surface area (Å²) >= 11 is 0. The zero-order chi connectivity index (χ0) is 35.7. The van der Waals surface area contributed by atoms with Gasteiger partial charge in [-0.25, -0.2) is 0 Å². The number of benzene rings is 6. The molecule has 4 nitrogen and oxygen atoms in total. The summed E-state index contributed by atoms with van der Waals surface area (Å²) in [6.45, 7) is 25.8. The van der Waals surface area contributed by atoms with Crippen LogP contribution in [0.3, 0.4) is 0 Å². The molecule has 8 rings (SSSR count). The van der Waals surface area contributed by atoms with E-state index in [1.54, 1.807) is 0 Å². The molecule has 6 aromatic carbocycles. The van der Waals surface area contributed by atoms with Crippen molar-refractivity contribution in [2.24, 2.45) is 0 Å². The van der Waals surface area contributed by atoms with E-state index in [0.29, 0.717) is 0 Å². The summed E-state index contributed by atoms with van der Waals surface area (Å²) < 4.78 is 27.2. The Bertz CT molecular complexity index is 2150. The number of hydrogen-bond acceptors (Lipinski definition) is 4. The van der Waals surface area contributed by atoms with Gasteiger partial charge >= 0.3 is 14.2 Å². The molecule has 0 radical (unpaired) electrons. The molecule has 0 aliphatic carbocycles. The van der Waals surface area contributed by atoms with Gasteiger partial charge in [0.2, 0.25) is 0 Å². The van der Waals surface area contributed by atoms with Crippen LogP contribution >= 0.6 is 0 Å². The highest BCUT2D eigenvalue weighted by atomic mass is 16.7. The molecule has 0 N–H and O–H groups in total. The predicted octanol–water partition coefficient (Wildman–Crippen LogP) is 9.75. The fourth-order valence-corrected chi connectivity index (χ4v) is 7.88. The van der Waals surface area contributed by atoms with Crippen LogP contribution in [0.5, 0.6) is 0 Å². The second-order valence-electron chi connectivity index (χ2n) is 16.9. The first-order valence-corrected chi connectivity index (χ1v) is 18.0. The van der Waals surface area contributed by atoms with Gasteiger partial charge in [-0.05, 0) is 160 Å². The molecule has 2 heterocycles. The largest absolute Gasteiger partial charge is 0.495 e. The fourth-order valence-electron chi connectivity index (χ4n) is 7.88. The molecule has 0 bridgehead atoms. The minimum atomic E-state index is -0.519. The standard InChI is InChI=1S/C44H48B2O4/c1-25-13-15-27(3)33(21-25)35-23-37(45-47-41(5,6)42(7,8)48-45)31-20-18-30-36(34-22-26(2)14-16-28(34)4)24-38(32-19-17-29(35)39(31)40(30)32)46-49-43(9,10)44(11,12)50-46/h13-24H,1-12H3. The lowest BCUT2D eigenvalue weighted by Crippen LogP contribution is -2.41. The summed E-state index contributed by atoms with van der Waals surface area (Å²) in [5, 5.41) is 7.14. The molecule has 0 spiro atoms. The highest BCUT2D eigenvalue weighted by Gasteiger charge is 2.53. The summed E-state index contributed by atoms with van der Waals surface area (Å²) in [7, 11) is -1.04. The van der Waals surface area contributed by atoms with Crippen LogP contribution in [0.4, 0.5) is 0 Å². The molecule has 6 heteroatoms. The van der Waals surface area contributed by atoms with Gasteiger partial charge in [0.1, 0.15) is 0 Å². The average molecular weight is 662 g/mol. The van der Waals surface area contributed by atoms with E-state index < -0.39 is 36.6 Å². The van der Waals surface area contributed by atoms with Crippen molar-refractivity contribution < 1.29 is 18.6 Å². The van der Waals surface area contributed by atoms with Gasteiger partial charge in [0.15, 0.2) is 0 Å². The second kappa shape index (κ2) is 10.9. The van der Waals surface area contributed by atoms with E-state index in [-0.39, 0.29) is 0 Å². The zero-order valence-electron chi connectivity index (χ0n) is 31.7. The lowest BCUT2D eigenvalue weighted by atomic mass is 9.69. The molecule has 2 fully saturated rings. The van der Waals surface area contributed by atoms with E-state index in [1.807, 2.05) is 0 Å². The zero-order valence-corrected chi connectivity index (χ0v) is 31.7. The molecule has 0 amide bonds. The summed E-state index contributed by atoms with van der Waals surface area (Å²) in [6, 6.07) is 27.3. The van der Waals surface area contributed by atoms with Crippen LogP contribution in [0.15, 0.2) is 72.8 Å². The van der Waals surface area contributed by atoms with Crippen molar-refractivity contribution in [1.82, 2.24) is 0 Å². The van der Waals surface area contributed by atoms with E-state index in [0.717, 1.165) is 21.7 Å². The topological polar surface area (TPSA) is 36.9 Å². The molecule has 2 aliphatic heterocycles. The molecular formula is C44H48B2O4. The van der Waals surface area contributed by atoms with Crippen LogP contribution in [0.1, 0.15) is 77.6 Å². The van der Waals surface area contributed by atoms with Gasteiger partial charge in [-0.3, -0.25) is 0 Å². The monoisotopic (exact) mass is 662 g/mol. The van der Waals surface area contributed by atoms with Crippen molar-refractivity contribution in [2.45, 2.75) is 105 Å². The van der Waals surface area contributed by atoms with Crippen molar-refractivity contribution in [1.29, 1.82) is 0 Å². The Morgan fingerprint density at radius 1 is 0.380 bits per heavy atom. The summed E-state index contributed by atoms with van der Waals surface area (Å²) in [4.78, 5) is 0. The Kier molecular flexibility index (Phi) is 7.31. The van der Waals surface area contributed by atoms with Crippen LogP contribution < -0.4 is 10.9 Å². The minimum Gasteiger partial charge on any atom is -0.399 e. The Balaban J connectivity index is 1.53. The maximum Gasteiger partial charge on any atom is 0.495 e. The van der Waals surface area contributed by atoms with Gasteiger partial charge in [0.25, 0.3) is 0 Å². The Hall–Kier alpha value is -3.67. The fraction of sp³-hybridized carbons (Fsp3) is 0.364. The lowest BCUT2D eigenvalue weighted by Gasteiger charge is -2.32. The summed E-state index contributed by atoms with van der Waals surface area (Å²) in [5.74, 6) is 0. The minimum absolute atomic E-state index is 0.471. The molecule has 0 saturated carbocycles. The van der Waals surface area contributed by atoms with Crippen LogP contribution in [-0.2, 0) is 18.6 Å². The van der Waals surface area contributed by atoms with Crippen molar-refractivity contribution in [3.8, 4) is 22.3 Å². The van der Waals surface area contributed by atoms with Gasteiger partial charge in [-0.2, -0.15) is 0 Å². The van der Waals surface area contributed by atoms with Gasteiger partial charge in [0.05, 0.1) is 22.4 Å². The van der Waals surface area contributed by atoms with Gasteiger partial charge in [-0.1, -0.05) is 83.9 Å². The third-order valence-corrected chi connectivity index (χ3v) is 12.3.